The smallest absolute Gasteiger partial charge is 0.430 e. The van der Waals surface area contributed by atoms with Gasteiger partial charge < -0.3 is 9.47 Å². The number of rotatable bonds is 2. The number of amides is 2. The second-order valence-electron chi connectivity index (χ2n) is 8.47. The van der Waals surface area contributed by atoms with Crippen LogP contribution in [-0.2, 0) is 15.0 Å². The standard InChI is InChI=1S/C19H27FN2O4/c1-17(2,3)25-15(23)21-22(16(24)26-18(4,5)6)19(11-12-19)13-7-9-14(20)10-8-13/h7-10H,11-12H2,1-6H3,(H,21,23). The van der Waals surface area contributed by atoms with Gasteiger partial charge in [-0.3, -0.25) is 0 Å². The Balaban J connectivity index is 2.29. The first-order chi connectivity index (χ1) is 11.8. The second-order valence-corrected chi connectivity index (χ2v) is 8.47. The fraction of sp³-hybridized carbons (Fsp3) is 0.579. The molecule has 0 aromatic heterocycles. The number of benzene rings is 1. The van der Waals surface area contributed by atoms with Crippen LogP contribution in [0.1, 0.15) is 59.9 Å². The van der Waals surface area contributed by atoms with Crippen molar-refractivity contribution in [1.29, 1.82) is 0 Å². The van der Waals surface area contributed by atoms with E-state index in [4.69, 9.17) is 9.47 Å². The number of carbonyl (C=O) groups excluding carboxylic acids is 2. The maximum absolute atomic E-state index is 13.3. The summed E-state index contributed by atoms with van der Waals surface area (Å²) in [6.07, 6.45) is -0.205. The summed E-state index contributed by atoms with van der Waals surface area (Å²) in [7, 11) is 0. The molecule has 26 heavy (non-hydrogen) atoms. The Morgan fingerprint density at radius 2 is 1.50 bits per heavy atom. The summed E-state index contributed by atoms with van der Waals surface area (Å²) in [6, 6.07) is 5.87. The molecule has 1 aromatic rings. The van der Waals surface area contributed by atoms with Gasteiger partial charge in [0.1, 0.15) is 17.0 Å². The molecule has 2 amide bonds. The van der Waals surface area contributed by atoms with Gasteiger partial charge in [0.15, 0.2) is 0 Å². The Hall–Kier alpha value is -2.31. The zero-order valence-electron chi connectivity index (χ0n) is 16.2. The zero-order chi connectivity index (χ0) is 19.8. The highest BCUT2D eigenvalue weighted by atomic mass is 19.1. The van der Waals surface area contributed by atoms with Crippen LogP contribution in [0.25, 0.3) is 0 Å². The lowest BCUT2D eigenvalue weighted by atomic mass is 10.0. The average molecular weight is 366 g/mol. The van der Waals surface area contributed by atoms with E-state index in [9.17, 15) is 14.0 Å². The van der Waals surface area contributed by atoms with Crippen molar-refractivity contribution in [3.05, 3.63) is 35.6 Å². The average Bonchev–Trinajstić information content (AvgIpc) is 3.23. The number of nitrogens with one attached hydrogen (secondary N) is 1. The predicted octanol–water partition coefficient (Wildman–Crippen LogP) is 4.49. The normalized spacial score (nSPS) is 15.8. The highest BCUT2D eigenvalue weighted by Gasteiger charge is 2.54. The topological polar surface area (TPSA) is 67.9 Å². The van der Waals surface area contributed by atoms with Gasteiger partial charge >= 0.3 is 12.2 Å². The molecule has 0 radical (unpaired) electrons. The lowest BCUT2D eigenvalue weighted by molar-refractivity contribution is -0.0143. The van der Waals surface area contributed by atoms with E-state index in [-0.39, 0.29) is 5.82 Å². The fourth-order valence-corrected chi connectivity index (χ4v) is 2.55. The van der Waals surface area contributed by atoms with Crippen molar-refractivity contribution in [3.8, 4) is 0 Å². The number of nitrogens with zero attached hydrogens (tertiary/aromatic N) is 1. The first kappa shape index (κ1) is 20.0. The van der Waals surface area contributed by atoms with Crippen LogP contribution in [0.5, 0.6) is 0 Å². The molecule has 0 bridgehead atoms. The number of hydrazine groups is 1. The number of hydrogen-bond acceptors (Lipinski definition) is 4. The van der Waals surface area contributed by atoms with Gasteiger partial charge in [-0.25, -0.2) is 24.4 Å². The van der Waals surface area contributed by atoms with Gasteiger partial charge in [-0.1, -0.05) is 12.1 Å². The van der Waals surface area contributed by atoms with Crippen molar-refractivity contribution < 1.29 is 23.5 Å². The summed E-state index contributed by atoms with van der Waals surface area (Å²) in [5.41, 5.74) is 1.02. The lowest BCUT2D eigenvalue weighted by Crippen LogP contribution is -2.54. The Labute approximate surface area is 153 Å². The molecule has 7 heteroatoms. The van der Waals surface area contributed by atoms with E-state index in [0.717, 1.165) is 5.56 Å². The molecule has 0 aliphatic heterocycles. The van der Waals surface area contributed by atoms with Crippen molar-refractivity contribution in [2.75, 3.05) is 0 Å². The summed E-state index contributed by atoms with van der Waals surface area (Å²) >= 11 is 0. The Morgan fingerprint density at radius 1 is 1.00 bits per heavy atom. The summed E-state index contributed by atoms with van der Waals surface area (Å²) in [6.45, 7) is 10.4. The number of ether oxygens (including phenoxy) is 2. The molecule has 1 fully saturated rings. The summed E-state index contributed by atoms with van der Waals surface area (Å²) in [5, 5.41) is 1.17. The van der Waals surface area contributed by atoms with E-state index in [0.29, 0.717) is 12.8 Å². The molecule has 144 valence electrons. The van der Waals surface area contributed by atoms with Crippen LogP contribution in [0.4, 0.5) is 14.0 Å². The van der Waals surface area contributed by atoms with Crippen LogP contribution in [-0.4, -0.2) is 28.4 Å². The highest BCUT2D eigenvalue weighted by Crippen LogP contribution is 2.50. The van der Waals surface area contributed by atoms with E-state index in [1.165, 1.54) is 17.1 Å². The Kier molecular flexibility index (Phi) is 5.21. The molecule has 1 N–H and O–H groups in total. The molecule has 1 saturated carbocycles. The van der Waals surface area contributed by atoms with Crippen LogP contribution in [0.3, 0.4) is 0 Å². The molecule has 0 saturated heterocycles. The number of carbonyl (C=O) groups is 2. The van der Waals surface area contributed by atoms with Gasteiger partial charge in [0, 0.05) is 0 Å². The minimum atomic E-state index is -0.771. The first-order valence-electron chi connectivity index (χ1n) is 8.61. The molecule has 2 rings (SSSR count). The quantitative estimate of drug-likeness (QED) is 0.783. The van der Waals surface area contributed by atoms with E-state index < -0.39 is 28.9 Å². The lowest BCUT2D eigenvalue weighted by Gasteiger charge is -2.34. The molecule has 0 spiro atoms. The highest BCUT2D eigenvalue weighted by molar-refractivity contribution is 5.76. The maximum Gasteiger partial charge on any atom is 0.430 e. The van der Waals surface area contributed by atoms with Crippen LogP contribution < -0.4 is 5.43 Å². The van der Waals surface area contributed by atoms with Gasteiger partial charge in [0.2, 0.25) is 0 Å². The molecular formula is C19H27FN2O4. The molecule has 1 aliphatic rings. The van der Waals surface area contributed by atoms with Crippen molar-refractivity contribution >= 4 is 12.2 Å². The van der Waals surface area contributed by atoms with Crippen LogP contribution in [0, 0.1) is 5.82 Å². The van der Waals surface area contributed by atoms with Gasteiger partial charge in [-0.2, -0.15) is 0 Å². The molecule has 0 heterocycles. The fourth-order valence-electron chi connectivity index (χ4n) is 2.55. The van der Waals surface area contributed by atoms with Gasteiger partial charge in [0.25, 0.3) is 0 Å². The van der Waals surface area contributed by atoms with E-state index in [1.807, 2.05) is 0 Å². The third-order valence-corrected chi connectivity index (χ3v) is 3.71. The van der Waals surface area contributed by atoms with E-state index in [2.05, 4.69) is 5.43 Å². The minimum absolute atomic E-state index is 0.367. The Morgan fingerprint density at radius 3 is 1.92 bits per heavy atom. The summed E-state index contributed by atoms with van der Waals surface area (Å²) in [5.74, 6) is -0.367. The SMILES string of the molecule is CC(C)(C)OC(=O)NN(C(=O)OC(C)(C)C)C1(c2ccc(F)cc2)CC1. The van der Waals surface area contributed by atoms with Crippen LogP contribution >= 0.6 is 0 Å². The monoisotopic (exact) mass is 366 g/mol. The molecule has 6 nitrogen and oxygen atoms in total. The van der Waals surface area contributed by atoms with Gasteiger partial charge in [0.05, 0.1) is 5.54 Å². The second kappa shape index (κ2) is 6.78. The molecule has 1 aromatic carbocycles. The minimum Gasteiger partial charge on any atom is -0.443 e. The third kappa shape index (κ3) is 5.09. The van der Waals surface area contributed by atoms with Crippen molar-refractivity contribution in [1.82, 2.24) is 10.4 Å². The van der Waals surface area contributed by atoms with Crippen molar-refractivity contribution in [2.45, 2.75) is 71.1 Å². The zero-order valence-corrected chi connectivity index (χ0v) is 16.2. The predicted molar refractivity (Wildman–Crippen MR) is 94.8 cm³/mol. The first-order valence-corrected chi connectivity index (χ1v) is 8.61. The van der Waals surface area contributed by atoms with Crippen molar-refractivity contribution in [2.24, 2.45) is 0 Å². The molecule has 1 aliphatic carbocycles. The maximum atomic E-state index is 13.3. The van der Waals surface area contributed by atoms with Crippen LogP contribution in [0.15, 0.2) is 24.3 Å². The largest absolute Gasteiger partial charge is 0.443 e. The number of halogens is 1. The van der Waals surface area contributed by atoms with Crippen LogP contribution in [0.2, 0.25) is 0 Å². The van der Waals surface area contributed by atoms with E-state index in [1.54, 1.807) is 53.7 Å². The summed E-state index contributed by atoms with van der Waals surface area (Å²) < 4.78 is 24.0. The number of hydrogen-bond donors (Lipinski definition) is 1. The van der Waals surface area contributed by atoms with Crippen molar-refractivity contribution in [3.63, 3.8) is 0 Å². The van der Waals surface area contributed by atoms with Gasteiger partial charge in [-0.05, 0) is 72.1 Å². The third-order valence-electron chi connectivity index (χ3n) is 3.71. The van der Waals surface area contributed by atoms with E-state index >= 15 is 0 Å². The molecule has 0 unspecified atom stereocenters. The Bertz CT molecular complexity index is 670. The van der Waals surface area contributed by atoms with Gasteiger partial charge in [-0.15, -0.1) is 0 Å². The molecule has 0 atom stereocenters. The summed E-state index contributed by atoms with van der Waals surface area (Å²) in [4.78, 5) is 25.0. The molecular weight excluding hydrogens is 339 g/mol.